The van der Waals surface area contributed by atoms with Crippen molar-refractivity contribution in [2.75, 3.05) is 5.73 Å². The van der Waals surface area contributed by atoms with E-state index in [1.807, 2.05) is 31.2 Å². The first kappa shape index (κ1) is 14.3. The normalized spacial score (nSPS) is 12.1. The average Bonchev–Trinajstić information content (AvgIpc) is 2.83. The fraction of sp³-hybridized carbons (Fsp3) is 0.286. The molecule has 2 aromatic rings. The van der Waals surface area contributed by atoms with E-state index in [9.17, 15) is 9.59 Å². The van der Waals surface area contributed by atoms with Gasteiger partial charge < -0.3 is 16.0 Å². The van der Waals surface area contributed by atoms with Crippen molar-refractivity contribution in [3.8, 4) is 0 Å². The number of nitrogens with one attached hydrogen (secondary N) is 2. The number of anilines is 1. The Bertz CT molecular complexity index is 630. The Morgan fingerprint density at radius 1 is 1.40 bits per heavy atom. The number of carbonyl (C=O) groups excluding carboxylic acids is 1. The molecule has 0 spiro atoms. The van der Waals surface area contributed by atoms with Gasteiger partial charge in [0.05, 0.1) is 6.54 Å². The van der Waals surface area contributed by atoms with Crippen LogP contribution in [0.4, 0.5) is 5.69 Å². The lowest BCUT2D eigenvalue weighted by atomic mass is 9.97. The number of amides is 1. The fourth-order valence-electron chi connectivity index (χ4n) is 1.89. The predicted molar refractivity (Wildman–Crippen MR) is 80.7 cm³/mol. The van der Waals surface area contributed by atoms with Crippen LogP contribution in [0, 0.1) is 0 Å². The number of aromatic nitrogens is 1. The van der Waals surface area contributed by atoms with Crippen molar-refractivity contribution in [3.63, 3.8) is 0 Å². The van der Waals surface area contributed by atoms with Crippen LogP contribution in [0.25, 0.3) is 0 Å². The van der Waals surface area contributed by atoms with Crippen LogP contribution in [0.2, 0.25) is 0 Å². The van der Waals surface area contributed by atoms with Gasteiger partial charge in [-0.2, -0.15) is 0 Å². The number of rotatable bonds is 5. The summed E-state index contributed by atoms with van der Waals surface area (Å²) in [6.45, 7) is 2.35. The van der Waals surface area contributed by atoms with E-state index in [2.05, 4.69) is 10.3 Å². The minimum atomic E-state index is -0.107. The second-order valence-corrected chi connectivity index (χ2v) is 5.56. The molecule has 20 heavy (non-hydrogen) atoms. The molecular formula is C14H17N3O2S. The van der Waals surface area contributed by atoms with Gasteiger partial charge in [-0.3, -0.25) is 9.59 Å². The highest BCUT2D eigenvalue weighted by Crippen LogP contribution is 2.19. The Kier molecular flexibility index (Phi) is 4.57. The molecule has 0 aliphatic heterocycles. The molecule has 0 saturated heterocycles. The van der Waals surface area contributed by atoms with Crippen LogP contribution in [0.15, 0.2) is 34.4 Å². The first-order chi connectivity index (χ1) is 9.54. The van der Waals surface area contributed by atoms with Gasteiger partial charge in [0.1, 0.15) is 0 Å². The number of thiazole rings is 1. The molecule has 1 aromatic carbocycles. The second kappa shape index (κ2) is 6.38. The molecule has 106 valence electrons. The van der Waals surface area contributed by atoms with Gasteiger partial charge in [0.15, 0.2) is 0 Å². The molecule has 4 N–H and O–H groups in total. The molecule has 1 atom stereocenters. The molecule has 1 unspecified atom stereocenters. The smallest absolute Gasteiger partial charge is 0.304 e. The summed E-state index contributed by atoms with van der Waals surface area (Å²) in [4.78, 5) is 25.4. The van der Waals surface area contributed by atoms with Gasteiger partial charge in [0.2, 0.25) is 5.91 Å². The monoisotopic (exact) mass is 291 g/mol. The zero-order chi connectivity index (χ0) is 14.5. The summed E-state index contributed by atoms with van der Waals surface area (Å²) in [5, 5.41) is 4.51. The Balaban J connectivity index is 1.84. The molecule has 0 bridgehead atoms. The molecule has 6 heteroatoms. The van der Waals surface area contributed by atoms with Gasteiger partial charge in [-0.15, -0.1) is 0 Å². The van der Waals surface area contributed by atoms with Crippen molar-refractivity contribution in [2.45, 2.75) is 25.8 Å². The summed E-state index contributed by atoms with van der Waals surface area (Å²) in [7, 11) is 0. The summed E-state index contributed by atoms with van der Waals surface area (Å²) in [6, 6.07) is 7.53. The van der Waals surface area contributed by atoms with E-state index in [1.54, 1.807) is 5.38 Å². The van der Waals surface area contributed by atoms with Crippen molar-refractivity contribution in [2.24, 2.45) is 0 Å². The quantitative estimate of drug-likeness (QED) is 0.734. The Morgan fingerprint density at radius 2 is 2.10 bits per heavy atom. The molecule has 1 heterocycles. The summed E-state index contributed by atoms with van der Waals surface area (Å²) < 4.78 is 0. The molecule has 0 saturated carbocycles. The van der Waals surface area contributed by atoms with Crippen molar-refractivity contribution in [1.29, 1.82) is 0 Å². The molecular weight excluding hydrogens is 274 g/mol. The van der Waals surface area contributed by atoms with Crippen molar-refractivity contribution < 1.29 is 4.79 Å². The van der Waals surface area contributed by atoms with Crippen LogP contribution >= 0.6 is 11.3 Å². The van der Waals surface area contributed by atoms with E-state index in [0.29, 0.717) is 18.7 Å². The van der Waals surface area contributed by atoms with Crippen LogP contribution in [0.5, 0.6) is 0 Å². The summed E-state index contributed by atoms with van der Waals surface area (Å²) >= 11 is 1.09. The van der Waals surface area contributed by atoms with Gasteiger partial charge in [-0.25, -0.2) is 0 Å². The SMILES string of the molecule is CC(CC(=O)NCc1csc(=O)[nH]1)c1ccc(N)cc1. The van der Waals surface area contributed by atoms with Crippen LogP contribution in [-0.2, 0) is 11.3 Å². The first-order valence-corrected chi connectivity index (χ1v) is 7.21. The predicted octanol–water partition coefficient (Wildman–Crippen LogP) is 1.83. The molecule has 0 radical (unpaired) electrons. The number of H-pyrrole nitrogens is 1. The zero-order valence-corrected chi connectivity index (χ0v) is 12.0. The standard InChI is InChI=1S/C14H17N3O2S/c1-9(10-2-4-11(15)5-3-10)6-13(18)16-7-12-8-20-14(19)17-12/h2-5,8-9H,6-7,15H2,1H3,(H,16,18)(H,17,19). The van der Waals surface area contributed by atoms with E-state index < -0.39 is 0 Å². The summed E-state index contributed by atoms with van der Waals surface area (Å²) in [5.41, 5.74) is 8.16. The Hall–Kier alpha value is -2.08. The van der Waals surface area contributed by atoms with Gasteiger partial charge in [0, 0.05) is 23.2 Å². The number of hydrogen-bond acceptors (Lipinski definition) is 4. The minimum absolute atomic E-state index is 0.0404. The topological polar surface area (TPSA) is 88.0 Å². The Morgan fingerprint density at radius 3 is 2.70 bits per heavy atom. The van der Waals surface area contributed by atoms with Crippen LogP contribution in [-0.4, -0.2) is 10.9 Å². The maximum Gasteiger partial charge on any atom is 0.304 e. The highest BCUT2D eigenvalue weighted by molar-refractivity contribution is 7.07. The lowest BCUT2D eigenvalue weighted by Gasteiger charge is -2.12. The summed E-state index contributed by atoms with van der Waals surface area (Å²) in [6.07, 6.45) is 0.401. The van der Waals surface area contributed by atoms with Crippen molar-refractivity contribution in [3.05, 3.63) is 50.6 Å². The van der Waals surface area contributed by atoms with E-state index in [-0.39, 0.29) is 16.7 Å². The number of nitrogens with two attached hydrogens (primary N) is 1. The summed E-state index contributed by atoms with van der Waals surface area (Å²) in [5.74, 6) is 0.0819. The number of benzene rings is 1. The van der Waals surface area contributed by atoms with Crippen LogP contribution < -0.4 is 15.9 Å². The van der Waals surface area contributed by atoms with Gasteiger partial charge in [-0.05, 0) is 23.6 Å². The van der Waals surface area contributed by atoms with E-state index >= 15 is 0 Å². The highest BCUT2D eigenvalue weighted by atomic mass is 32.1. The molecule has 1 aromatic heterocycles. The lowest BCUT2D eigenvalue weighted by Crippen LogP contribution is -2.24. The number of nitrogen functional groups attached to an aromatic ring is 1. The molecule has 5 nitrogen and oxygen atoms in total. The zero-order valence-electron chi connectivity index (χ0n) is 11.2. The number of hydrogen-bond donors (Lipinski definition) is 3. The van der Waals surface area contributed by atoms with Gasteiger partial charge in [0.25, 0.3) is 0 Å². The van der Waals surface area contributed by atoms with Crippen molar-refractivity contribution >= 4 is 22.9 Å². The van der Waals surface area contributed by atoms with Crippen LogP contribution in [0.1, 0.15) is 30.5 Å². The van der Waals surface area contributed by atoms with E-state index in [1.165, 1.54) is 0 Å². The van der Waals surface area contributed by atoms with Crippen LogP contribution in [0.3, 0.4) is 0 Å². The van der Waals surface area contributed by atoms with Crippen molar-refractivity contribution in [1.82, 2.24) is 10.3 Å². The number of aromatic amines is 1. The third-order valence-corrected chi connectivity index (χ3v) is 3.76. The average molecular weight is 291 g/mol. The molecule has 0 fully saturated rings. The van der Waals surface area contributed by atoms with E-state index in [4.69, 9.17) is 5.73 Å². The fourth-order valence-corrected chi connectivity index (χ4v) is 2.47. The third-order valence-electron chi connectivity index (χ3n) is 3.04. The van der Waals surface area contributed by atoms with E-state index in [0.717, 1.165) is 22.6 Å². The first-order valence-electron chi connectivity index (χ1n) is 6.33. The van der Waals surface area contributed by atoms with Gasteiger partial charge in [-0.1, -0.05) is 30.4 Å². The second-order valence-electron chi connectivity index (χ2n) is 4.72. The highest BCUT2D eigenvalue weighted by Gasteiger charge is 2.11. The molecule has 0 aliphatic rings. The molecule has 0 aliphatic carbocycles. The lowest BCUT2D eigenvalue weighted by molar-refractivity contribution is -0.121. The maximum atomic E-state index is 11.8. The molecule has 2 rings (SSSR count). The van der Waals surface area contributed by atoms with Gasteiger partial charge >= 0.3 is 4.87 Å². The number of carbonyl (C=O) groups is 1. The third kappa shape index (κ3) is 3.96. The largest absolute Gasteiger partial charge is 0.399 e. The minimum Gasteiger partial charge on any atom is -0.399 e. The Labute approximate surface area is 120 Å². The molecule has 1 amide bonds. The maximum absolute atomic E-state index is 11.8.